The molecule has 3 aromatic carbocycles. The molecule has 0 aliphatic rings. The summed E-state index contributed by atoms with van der Waals surface area (Å²) in [4.78, 5) is 24.7. The Labute approximate surface area is 175 Å². The van der Waals surface area contributed by atoms with Crippen molar-refractivity contribution in [3.05, 3.63) is 102 Å². The summed E-state index contributed by atoms with van der Waals surface area (Å²) in [7, 11) is -4.10. The van der Waals surface area contributed by atoms with E-state index in [0.29, 0.717) is 0 Å². The molecule has 8 heteroatoms. The highest BCUT2D eigenvalue weighted by Gasteiger charge is 2.32. The van der Waals surface area contributed by atoms with Gasteiger partial charge in [-0.2, -0.15) is 0 Å². The van der Waals surface area contributed by atoms with Crippen LogP contribution in [0, 0.1) is 0 Å². The second kappa shape index (κ2) is 9.23. The summed E-state index contributed by atoms with van der Waals surface area (Å²) < 4.78 is 26.8. The minimum absolute atomic E-state index is 0.0709. The number of carbonyl (C=O) groups excluding carboxylic acids is 2. The Balaban J connectivity index is 1.89. The van der Waals surface area contributed by atoms with E-state index < -0.39 is 33.9 Å². The van der Waals surface area contributed by atoms with Crippen LogP contribution in [0.1, 0.15) is 17.0 Å². The van der Waals surface area contributed by atoms with Crippen molar-refractivity contribution in [1.82, 2.24) is 10.0 Å². The van der Waals surface area contributed by atoms with Gasteiger partial charge in [0.2, 0.25) is 5.91 Å². The van der Waals surface area contributed by atoms with Crippen molar-refractivity contribution in [3.8, 4) is 0 Å². The van der Waals surface area contributed by atoms with Crippen LogP contribution in [0.4, 0.5) is 4.79 Å². The molecule has 30 heavy (non-hydrogen) atoms. The zero-order valence-electron chi connectivity index (χ0n) is 15.9. The third-order valence-electron chi connectivity index (χ3n) is 4.52. The van der Waals surface area contributed by atoms with Gasteiger partial charge in [0.1, 0.15) is 6.04 Å². The molecule has 4 N–H and O–H groups in total. The van der Waals surface area contributed by atoms with Crippen LogP contribution in [0.5, 0.6) is 0 Å². The number of primary amides is 1. The van der Waals surface area contributed by atoms with Gasteiger partial charge in [-0.1, -0.05) is 78.9 Å². The normalized spacial score (nSPS) is 12.2. The number of amides is 3. The van der Waals surface area contributed by atoms with E-state index in [0.717, 1.165) is 11.1 Å². The van der Waals surface area contributed by atoms with Gasteiger partial charge in [-0.15, -0.1) is 0 Å². The molecule has 0 fully saturated rings. The first-order chi connectivity index (χ1) is 14.4. The van der Waals surface area contributed by atoms with Crippen molar-refractivity contribution in [3.63, 3.8) is 0 Å². The van der Waals surface area contributed by atoms with E-state index in [2.05, 4.69) is 5.32 Å². The zero-order chi connectivity index (χ0) is 21.6. The summed E-state index contributed by atoms with van der Waals surface area (Å²) >= 11 is 0. The largest absolute Gasteiger partial charge is 0.368 e. The number of hydrogen-bond acceptors (Lipinski definition) is 4. The molecule has 0 aromatic heterocycles. The Morgan fingerprint density at radius 2 is 1.17 bits per heavy atom. The molecule has 1 atom stereocenters. The van der Waals surface area contributed by atoms with Crippen LogP contribution in [0.2, 0.25) is 0 Å². The molecular formula is C22H21N3O4S. The molecule has 3 rings (SSSR count). The highest BCUT2D eigenvalue weighted by atomic mass is 32.2. The van der Waals surface area contributed by atoms with E-state index in [1.54, 1.807) is 18.2 Å². The lowest BCUT2D eigenvalue weighted by atomic mass is 9.84. The third-order valence-corrected chi connectivity index (χ3v) is 5.87. The smallest absolute Gasteiger partial charge is 0.329 e. The fraction of sp³-hybridized carbons (Fsp3) is 0.0909. The molecule has 3 amide bonds. The Morgan fingerprint density at radius 1 is 0.733 bits per heavy atom. The highest BCUT2D eigenvalue weighted by molar-refractivity contribution is 7.90. The molecule has 0 heterocycles. The Bertz CT molecular complexity index is 1070. The number of benzene rings is 3. The molecule has 0 bridgehead atoms. The van der Waals surface area contributed by atoms with E-state index >= 15 is 0 Å². The van der Waals surface area contributed by atoms with Crippen LogP contribution in [0.15, 0.2) is 95.9 Å². The molecule has 0 saturated heterocycles. The lowest BCUT2D eigenvalue weighted by Crippen LogP contribution is -2.52. The van der Waals surface area contributed by atoms with Gasteiger partial charge in [-0.3, -0.25) is 4.79 Å². The Kier molecular flexibility index (Phi) is 6.48. The molecule has 7 nitrogen and oxygen atoms in total. The van der Waals surface area contributed by atoms with Crippen molar-refractivity contribution in [2.24, 2.45) is 5.73 Å². The Hall–Kier alpha value is -3.65. The van der Waals surface area contributed by atoms with E-state index in [-0.39, 0.29) is 4.90 Å². The van der Waals surface area contributed by atoms with E-state index in [4.69, 9.17) is 5.73 Å². The van der Waals surface area contributed by atoms with Crippen LogP contribution in [-0.4, -0.2) is 26.4 Å². The number of hydrogen-bond donors (Lipinski definition) is 3. The average Bonchev–Trinajstić information content (AvgIpc) is 2.75. The molecule has 0 saturated carbocycles. The van der Waals surface area contributed by atoms with E-state index in [1.165, 1.54) is 12.1 Å². The van der Waals surface area contributed by atoms with Crippen LogP contribution in [-0.2, 0) is 14.8 Å². The predicted molar refractivity (Wildman–Crippen MR) is 113 cm³/mol. The maximum Gasteiger partial charge on any atom is 0.329 e. The molecule has 0 aliphatic carbocycles. The standard InChI is InChI=1S/C22H21N3O4S/c23-21(26)20(24-22(27)25-30(28,29)18-14-8-3-9-15-18)19(16-10-4-1-5-11-16)17-12-6-2-7-13-17/h1-15,19-20H,(H2,23,26)(H2,24,25,27). The summed E-state index contributed by atoms with van der Waals surface area (Å²) in [5.41, 5.74) is 7.10. The third kappa shape index (κ3) is 5.03. The molecule has 154 valence electrons. The fourth-order valence-electron chi connectivity index (χ4n) is 3.17. The first-order valence-corrected chi connectivity index (χ1v) is 10.6. The van der Waals surface area contributed by atoms with E-state index in [9.17, 15) is 18.0 Å². The summed E-state index contributed by atoms with van der Waals surface area (Å²) in [6, 6.07) is 23.4. The molecule has 1 unspecified atom stereocenters. The quantitative estimate of drug-likeness (QED) is 0.540. The van der Waals surface area contributed by atoms with Crippen molar-refractivity contribution in [1.29, 1.82) is 0 Å². The minimum atomic E-state index is -4.10. The number of sulfonamides is 1. The highest BCUT2D eigenvalue weighted by Crippen LogP contribution is 2.28. The van der Waals surface area contributed by atoms with Crippen LogP contribution in [0.3, 0.4) is 0 Å². The Morgan fingerprint density at radius 3 is 1.60 bits per heavy atom. The topological polar surface area (TPSA) is 118 Å². The summed E-state index contributed by atoms with van der Waals surface area (Å²) in [5, 5.41) is 2.44. The van der Waals surface area contributed by atoms with Crippen LogP contribution < -0.4 is 15.8 Å². The van der Waals surface area contributed by atoms with Crippen molar-refractivity contribution in [2.45, 2.75) is 16.9 Å². The van der Waals surface area contributed by atoms with Gasteiger partial charge in [-0.05, 0) is 23.3 Å². The van der Waals surface area contributed by atoms with Gasteiger partial charge in [0.05, 0.1) is 4.90 Å². The summed E-state index contributed by atoms with van der Waals surface area (Å²) in [6.07, 6.45) is 0. The number of rotatable bonds is 7. The fourth-order valence-corrected chi connectivity index (χ4v) is 4.10. The predicted octanol–water partition coefficient (Wildman–Crippen LogP) is 2.36. The zero-order valence-corrected chi connectivity index (χ0v) is 16.8. The average molecular weight is 423 g/mol. The maximum absolute atomic E-state index is 12.5. The molecule has 0 radical (unpaired) electrons. The maximum atomic E-state index is 12.5. The molecule has 0 spiro atoms. The monoisotopic (exact) mass is 423 g/mol. The van der Waals surface area contributed by atoms with Gasteiger partial charge >= 0.3 is 6.03 Å². The van der Waals surface area contributed by atoms with Gasteiger partial charge in [0.15, 0.2) is 0 Å². The molecule has 0 aliphatic heterocycles. The molecular weight excluding hydrogens is 402 g/mol. The van der Waals surface area contributed by atoms with Crippen molar-refractivity contribution in [2.75, 3.05) is 0 Å². The summed E-state index contributed by atoms with van der Waals surface area (Å²) in [5.74, 6) is -1.39. The number of urea groups is 1. The lowest BCUT2D eigenvalue weighted by Gasteiger charge is -2.26. The minimum Gasteiger partial charge on any atom is -0.368 e. The first kappa shape index (κ1) is 21.1. The number of carbonyl (C=O) groups is 2. The van der Waals surface area contributed by atoms with Crippen LogP contribution >= 0.6 is 0 Å². The van der Waals surface area contributed by atoms with Crippen molar-refractivity contribution < 1.29 is 18.0 Å². The van der Waals surface area contributed by atoms with Gasteiger partial charge in [0, 0.05) is 5.92 Å². The second-order valence-electron chi connectivity index (χ2n) is 6.57. The second-order valence-corrected chi connectivity index (χ2v) is 8.25. The van der Waals surface area contributed by atoms with Crippen molar-refractivity contribution >= 4 is 22.0 Å². The van der Waals surface area contributed by atoms with Gasteiger partial charge < -0.3 is 11.1 Å². The van der Waals surface area contributed by atoms with Crippen LogP contribution in [0.25, 0.3) is 0 Å². The number of nitrogens with two attached hydrogens (primary N) is 1. The summed E-state index contributed by atoms with van der Waals surface area (Å²) in [6.45, 7) is 0. The number of nitrogens with one attached hydrogen (secondary N) is 2. The SMILES string of the molecule is NC(=O)C(NC(=O)NS(=O)(=O)c1ccccc1)C(c1ccccc1)c1ccccc1. The lowest BCUT2D eigenvalue weighted by molar-refractivity contribution is -0.120. The van der Waals surface area contributed by atoms with E-state index in [1.807, 2.05) is 65.4 Å². The van der Waals surface area contributed by atoms with Gasteiger partial charge in [0.25, 0.3) is 10.0 Å². The first-order valence-electron chi connectivity index (χ1n) is 9.16. The van der Waals surface area contributed by atoms with Gasteiger partial charge in [-0.25, -0.2) is 17.9 Å². The molecule has 3 aromatic rings.